The highest BCUT2D eigenvalue weighted by atomic mass is 16.5. The molecule has 2 fully saturated rings. The normalized spacial score (nSPS) is 25.1. The number of amides is 1. The molecule has 2 atom stereocenters. The van der Waals surface area contributed by atoms with Gasteiger partial charge in [0.2, 0.25) is 5.91 Å². The van der Waals surface area contributed by atoms with Crippen molar-refractivity contribution < 1.29 is 14.3 Å². The molecule has 5 rings (SSSR count). The Morgan fingerprint density at radius 1 is 1.03 bits per heavy atom. The molecule has 0 radical (unpaired) electrons. The minimum Gasteiger partial charge on any atom is -0.497 e. The minimum absolute atomic E-state index is 0.0858. The zero-order chi connectivity index (χ0) is 26.2. The molecule has 6 nitrogen and oxygen atoms in total. The lowest BCUT2D eigenvalue weighted by molar-refractivity contribution is -0.133. The number of aromatic nitrogens is 1. The summed E-state index contributed by atoms with van der Waals surface area (Å²) in [5.74, 6) is 2.66. The summed E-state index contributed by atoms with van der Waals surface area (Å²) in [6, 6.07) is 15.4. The van der Waals surface area contributed by atoms with Gasteiger partial charge in [0.05, 0.1) is 36.9 Å². The van der Waals surface area contributed by atoms with Crippen molar-refractivity contribution in [1.29, 1.82) is 0 Å². The number of nitrogens with zero attached hydrogens (tertiary/aromatic N) is 1. The van der Waals surface area contributed by atoms with Crippen LogP contribution >= 0.6 is 0 Å². The zero-order valence-electron chi connectivity index (χ0n) is 22.4. The van der Waals surface area contributed by atoms with Crippen molar-refractivity contribution in [1.82, 2.24) is 4.57 Å². The molecule has 0 saturated heterocycles. The van der Waals surface area contributed by atoms with E-state index >= 15 is 0 Å². The van der Waals surface area contributed by atoms with E-state index in [1.54, 1.807) is 18.8 Å². The Balaban J connectivity index is 1.54. The molecular weight excluding hydrogens is 464 g/mol. The molecule has 2 aliphatic rings. The van der Waals surface area contributed by atoms with E-state index in [9.17, 15) is 9.59 Å². The van der Waals surface area contributed by atoms with E-state index in [1.165, 1.54) is 12.8 Å². The number of pyridine rings is 1. The Hall–Kier alpha value is -3.12. The van der Waals surface area contributed by atoms with Crippen molar-refractivity contribution >= 4 is 22.5 Å². The van der Waals surface area contributed by atoms with Gasteiger partial charge in [0.1, 0.15) is 5.75 Å². The molecule has 196 valence electrons. The second-order valence-electron chi connectivity index (χ2n) is 11.5. The molecule has 37 heavy (non-hydrogen) atoms. The van der Waals surface area contributed by atoms with E-state index in [1.807, 2.05) is 48.5 Å². The number of nitrogens with one attached hydrogen (secondary N) is 1. The van der Waals surface area contributed by atoms with Crippen LogP contribution in [0.3, 0.4) is 0 Å². The van der Waals surface area contributed by atoms with E-state index in [0.29, 0.717) is 29.9 Å². The van der Waals surface area contributed by atoms with Crippen LogP contribution < -0.4 is 15.6 Å². The number of anilines is 1. The molecule has 0 aliphatic heterocycles. The number of hydrogen-bond acceptors (Lipinski definition) is 4. The summed E-state index contributed by atoms with van der Waals surface area (Å²) in [6.45, 7) is 5.20. The highest BCUT2D eigenvalue weighted by Crippen LogP contribution is 2.53. The maximum Gasteiger partial charge on any atom is 0.256 e. The minimum atomic E-state index is -0.310. The van der Waals surface area contributed by atoms with Gasteiger partial charge in [-0.3, -0.25) is 9.59 Å². The van der Waals surface area contributed by atoms with Gasteiger partial charge in [-0.2, -0.15) is 0 Å². The van der Waals surface area contributed by atoms with Gasteiger partial charge < -0.3 is 19.4 Å². The summed E-state index contributed by atoms with van der Waals surface area (Å²) < 4.78 is 12.4. The number of benzene rings is 2. The predicted octanol–water partition coefficient (Wildman–Crippen LogP) is 6.00. The van der Waals surface area contributed by atoms with E-state index in [0.717, 1.165) is 47.2 Å². The van der Waals surface area contributed by atoms with Gasteiger partial charge in [0.15, 0.2) is 0 Å². The molecule has 2 bridgehead atoms. The molecule has 2 saturated carbocycles. The quantitative estimate of drug-likeness (QED) is 0.430. The average Bonchev–Trinajstić information content (AvgIpc) is 2.86. The third-order valence-electron chi connectivity index (χ3n) is 8.37. The van der Waals surface area contributed by atoms with Gasteiger partial charge in [-0.05, 0) is 85.8 Å². The highest BCUT2D eigenvalue weighted by Gasteiger charge is 2.49. The van der Waals surface area contributed by atoms with Gasteiger partial charge in [0, 0.05) is 18.1 Å². The summed E-state index contributed by atoms with van der Waals surface area (Å²) in [7, 11) is 3.23. The van der Waals surface area contributed by atoms with Crippen LogP contribution in [-0.4, -0.2) is 24.7 Å². The van der Waals surface area contributed by atoms with Crippen molar-refractivity contribution in [2.45, 2.75) is 59.1 Å². The molecule has 1 heterocycles. The molecule has 0 spiro atoms. The summed E-state index contributed by atoms with van der Waals surface area (Å²) in [6.07, 6.45) is 5.33. The Bertz CT molecular complexity index is 1320. The fourth-order valence-electron chi connectivity index (χ4n) is 7.13. The number of methoxy groups -OCH3 is 2. The van der Waals surface area contributed by atoms with Gasteiger partial charge in [-0.25, -0.2) is 0 Å². The van der Waals surface area contributed by atoms with Crippen molar-refractivity contribution in [3.8, 4) is 5.75 Å². The molecule has 1 N–H and O–H groups in total. The molecule has 2 aliphatic carbocycles. The lowest BCUT2D eigenvalue weighted by Gasteiger charge is -2.48. The zero-order valence-corrected chi connectivity index (χ0v) is 22.4. The molecule has 1 amide bonds. The monoisotopic (exact) mass is 502 g/mol. The summed E-state index contributed by atoms with van der Waals surface area (Å²) in [5, 5.41) is 4.18. The number of carbonyl (C=O) groups excluding carboxylic acids is 1. The first kappa shape index (κ1) is 25.5. The Kier molecular flexibility index (Phi) is 7.13. The third-order valence-corrected chi connectivity index (χ3v) is 8.37. The fourth-order valence-corrected chi connectivity index (χ4v) is 7.13. The largest absolute Gasteiger partial charge is 0.497 e. The number of hydrogen-bond donors (Lipinski definition) is 1. The second kappa shape index (κ2) is 10.3. The first-order valence-electron chi connectivity index (χ1n) is 13.4. The molecule has 2 aromatic carbocycles. The topological polar surface area (TPSA) is 69.6 Å². The Morgan fingerprint density at radius 3 is 2.38 bits per heavy atom. The fraction of sp³-hybridized carbons (Fsp3) is 0.484. The average molecular weight is 503 g/mol. The Labute approximate surface area is 219 Å². The van der Waals surface area contributed by atoms with Crippen LogP contribution in [0.5, 0.6) is 5.75 Å². The Morgan fingerprint density at radius 2 is 1.73 bits per heavy atom. The number of rotatable bonds is 7. The van der Waals surface area contributed by atoms with Crippen LogP contribution in [0, 0.1) is 23.2 Å². The SMILES string of the molecule is COCc1cc2c(NC(=O)C34CC(C)CC(CC(C)C3)C4)cccc2n(Cc2ccc(OC)cc2)c1=O. The molecule has 1 aromatic heterocycles. The van der Waals surface area contributed by atoms with E-state index in [4.69, 9.17) is 9.47 Å². The lowest BCUT2D eigenvalue weighted by atomic mass is 9.56. The van der Waals surface area contributed by atoms with Crippen molar-refractivity contribution in [3.63, 3.8) is 0 Å². The smallest absolute Gasteiger partial charge is 0.256 e. The molecule has 6 heteroatoms. The number of carbonyl (C=O) groups is 1. The van der Waals surface area contributed by atoms with Crippen LogP contribution in [0.2, 0.25) is 0 Å². The van der Waals surface area contributed by atoms with Crippen molar-refractivity contribution in [2.24, 2.45) is 23.2 Å². The summed E-state index contributed by atoms with van der Waals surface area (Å²) >= 11 is 0. The van der Waals surface area contributed by atoms with Gasteiger partial charge in [0.25, 0.3) is 5.56 Å². The molecular formula is C31H38N2O4. The van der Waals surface area contributed by atoms with Crippen LogP contribution in [0.25, 0.3) is 10.9 Å². The summed E-state index contributed by atoms with van der Waals surface area (Å²) in [5.41, 5.74) is 2.71. The van der Waals surface area contributed by atoms with Crippen LogP contribution in [0.15, 0.2) is 53.3 Å². The summed E-state index contributed by atoms with van der Waals surface area (Å²) in [4.78, 5) is 27.4. The maximum atomic E-state index is 13.9. The number of ether oxygens (including phenoxy) is 2. The standard InChI is InChI=1S/C31H38N2O4/c1-20-12-23-13-21(2)16-31(15-20,17-23)30(35)32-27-6-5-7-28-26(27)14-24(19-36-3)29(34)33(28)18-22-8-10-25(37-4)11-9-22/h5-11,14,20-21,23H,12-13,15-19H2,1-4H3,(H,32,35). The van der Waals surface area contributed by atoms with E-state index in [-0.39, 0.29) is 23.5 Å². The first-order valence-corrected chi connectivity index (χ1v) is 13.4. The van der Waals surface area contributed by atoms with E-state index < -0.39 is 0 Å². The number of fused-ring (bicyclic) bond motifs is 3. The van der Waals surface area contributed by atoms with Gasteiger partial charge >= 0.3 is 0 Å². The molecule has 2 unspecified atom stereocenters. The second-order valence-corrected chi connectivity index (χ2v) is 11.5. The van der Waals surface area contributed by atoms with Crippen LogP contribution in [-0.2, 0) is 22.7 Å². The predicted molar refractivity (Wildman–Crippen MR) is 147 cm³/mol. The van der Waals surface area contributed by atoms with Crippen LogP contribution in [0.4, 0.5) is 5.69 Å². The van der Waals surface area contributed by atoms with E-state index in [2.05, 4.69) is 19.2 Å². The van der Waals surface area contributed by atoms with Crippen LogP contribution in [0.1, 0.15) is 57.1 Å². The first-order chi connectivity index (χ1) is 17.8. The maximum absolute atomic E-state index is 13.9. The van der Waals surface area contributed by atoms with Gasteiger partial charge in [-0.1, -0.05) is 32.0 Å². The lowest BCUT2D eigenvalue weighted by Crippen LogP contribution is -2.47. The van der Waals surface area contributed by atoms with Crippen molar-refractivity contribution in [2.75, 3.05) is 19.5 Å². The third kappa shape index (κ3) is 5.04. The van der Waals surface area contributed by atoms with Gasteiger partial charge in [-0.15, -0.1) is 0 Å². The highest BCUT2D eigenvalue weighted by molar-refractivity contribution is 6.03. The van der Waals surface area contributed by atoms with Crippen molar-refractivity contribution in [3.05, 3.63) is 70.0 Å². The molecule has 3 aromatic rings.